The molecule has 0 aromatic carbocycles. The molecule has 0 saturated heterocycles. The molecule has 0 aliphatic rings. The van der Waals surface area contributed by atoms with Gasteiger partial charge >= 0.3 is 0 Å². The number of hydrogen-bond acceptors (Lipinski definition) is 1. The van der Waals surface area contributed by atoms with Gasteiger partial charge in [0.25, 0.3) is 0 Å². The second-order valence-electron chi connectivity index (χ2n) is 3.86. The highest BCUT2D eigenvalue weighted by atomic mass is 16.3. The predicted octanol–water partition coefficient (Wildman–Crippen LogP) is 2.69. The summed E-state index contributed by atoms with van der Waals surface area (Å²) in [7, 11) is 0. The summed E-state index contributed by atoms with van der Waals surface area (Å²) in [6, 6.07) is 0. The fourth-order valence-electron chi connectivity index (χ4n) is 1.74. The Morgan fingerprint density at radius 1 is 1.18 bits per heavy atom. The van der Waals surface area contributed by atoms with E-state index in [4.69, 9.17) is 5.11 Å². The molecule has 68 valence electrons. The normalized spacial score (nSPS) is 16.9. The van der Waals surface area contributed by atoms with Gasteiger partial charge in [0.15, 0.2) is 0 Å². The summed E-state index contributed by atoms with van der Waals surface area (Å²) < 4.78 is 0. The monoisotopic (exact) mass is 158 g/mol. The van der Waals surface area contributed by atoms with Crippen LogP contribution in [0.25, 0.3) is 0 Å². The summed E-state index contributed by atoms with van der Waals surface area (Å²) in [6.45, 7) is 9.17. The molecule has 0 heterocycles. The molecule has 1 N–H and O–H groups in total. The topological polar surface area (TPSA) is 20.2 Å². The molecule has 0 radical (unpaired) electrons. The molecule has 0 bridgehead atoms. The third-order valence-corrected chi connectivity index (χ3v) is 2.50. The van der Waals surface area contributed by atoms with Gasteiger partial charge in [0.05, 0.1) is 0 Å². The summed E-state index contributed by atoms with van der Waals surface area (Å²) in [6.07, 6.45) is 2.48. The van der Waals surface area contributed by atoms with Gasteiger partial charge in [0.2, 0.25) is 0 Å². The quantitative estimate of drug-likeness (QED) is 0.652. The molecule has 0 aliphatic carbocycles. The van der Waals surface area contributed by atoms with E-state index in [1.54, 1.807) is 0 Å². The fourth-order valence-corrected chi connectivity index (χ4v) is 1.74. The van der Waals surface area contributed by atoms with Crippen LogP contribution in [0.3, 0.4) is 0 Å². The first-order valence-electron chi connectivity index (χ1n) is 4.74. The number of rotatable bonds is 5. The minimum atomic E-state index is 0.336. The highest BCUT2D eigenvalue weighted by Gasteiger charge is 2.18. The second-order valence-corrected chi connectivity index (χ2v) is 3.86. The maximum atomic E-state index is 8.98. The second kappa shape index (κ2) is 5.59. The number of aliphatic hydroxyl groups is 1. The Labute approximate surface area is 70.8 Å². The van der Waals surface area contributed by atoms with Gasteiger partial charge in [0, 0.05) is 6.61 Å². The van der Waals surface area contributed by atoms with Gasteiger partial charge in [0.1, 0.15) is 0 Å². The Hall–Kier alpha value is -0.0400. The van der Waals surface area contributed by atoms with Crippen molar-refractivity contribution in [2.75, 3.05) is 6.61 Å². The first kappa shape index (κ1) is 11.0. The van der Waals surface area contributed by atoms with Crippen LogP contribution in [0, 0.1) is 17.8 Å². The van der Waals surface area contributed by atoms with Crippen molar-refractivity contribution in [3.63, 3.8) is 0 Å². The standard InChI is InChI=1S/C10H22O/c1-5-6-10(8(2)3)9(4)7-11/h8-11H,5-7H2,1-4H3. The molecule has 0 aromatic heterocycles. The van der Waals surface area contributed by atoms with Gasteiger partial charge in [-0.25, -0.2) is 0 Å². The lowest BCUT2D eigenvalue weighted by Gasteiger charge is -2.25. The Morgan fingerprint density at radius 2 is 1.73 bits per heavy atom. The van der Waals surface area contributed by atoms with Crippen molar-refractivity contribution in [3.05, 3.63) is 0 Å². The highest BCUT2D eigenvalue weighted by Crippen LogP contribution is 2.25. The van der Waals surface area contributed by atoms with Gasteiger partial charge in [-0.1, -0.05) is 40.5 Å². The summed E-state index contributed by atoms with van der Waals surface area (Å²) in [5, 5.41) is 8.98. The Balaban J connectivity index is 3.87. The lowest BCUT2D eigenvalue weighted by atomic mass is 9.82. The molecule has 2 unspecified atom stereocenters. The molecule has 0 aromatic rings. The van der Waals surface area contributed by atoms with Crippen molar-refractivity contribution in [2.24, 2.45) is 17.8 Å². The number of aliphatic hydroxyl groups excluding tert-OH is 1. The van der Waals surface area contributed by atoms with Crippen molar-refractivity contribution in [1.82, 2.24) is 0 Å². The molecule has 1 nitrogen and oxygen atoms in total. The predicted molar refractivity (Wildman–Crippen MR) is 49.5 cm³/mol. The molecule has 1 heteroatoms. The van der Waals surface area contributed by atoms with Crippen molar-refractivity contribution < 1.29 is 5.11 Å². The third kappa shape index (κ3) is 3.76. The van der Waals surface area contributed by atoms with Crippen LogP contribution >= 0.6 is 0 Å². The molecule has 0 amide bonds. The van der Waals surface area contributed by atoms with Crippen LogP contribution in [0.2, 0.25) is 0 Å². The van der Waals surface area contributed by atoms with Crippen LogP contribution in [0.4, 0.5) is 0 Å². The first-order chi connectivity index (χ1) is 5.13. The average Bonchev–Trinajstić information content (AvgIpc) is 1.98. The highest BCUT2D eigenvalue weighted by molar-refractivity contribution is 4.68. The van der Waals surface area contributed by atoms with E-state index in [2.05, 4.69) is 27.7 Å². The maximum Gasteiger partial charge on any atom is 0.0459 e. The van der Waals surface area contributed by atoms with E-state index in [1.807, 2.05) is 0 Å². The minimum absolute atomic E-state index is 0.336. The maximum absolute atomic E-state index is 8.98. The van der Waals surface area contributed by atoms with Gasteiger partial charge in [-0.05, 0) is 17.8 Å². The van der Waals surface area contributed by atoms with Gasteiger partial charge in [-0.15, -0.1) is 0 Å². The van der Waals surface area contributed by atoms with Crippen LogP contribution in [0.1, 0.15) is 40.5 Å². The summed E-state index contributed by atoms with van der Waals surface area (Å²) >= 11 is 0. The smallest absolute Gasteiger partial charge is 0.0459 e. The van der Waals surface area contributed by atoms with Crippen LogP contribution in [-0.2, 0) is 0 Å². The Morgan fingerprint density at radius 3 is 2.00 bits per heavy atom. The van der Waals surface area contributed by atoms with E-state index in [-0.39, 0.29) is 0 Å². The van der Waals surface area contributed by atoms with E-state index in [9.17, 15) is 0 Å². The van der Waals surface area contributed by atoms with E-state index < -0.39 is 0 Å². The molecule has 0 spiro atoms. The lowest BCUT2D eigenvalue weighted by molar-refractivity contribution is 0.151. The van der Waals surface area contributed by atoms with E-state index in [0.29, 0.717) is 24.4 Å². The zero-order valence-electron chi connectivity index (χ0n) is 8.30. The first-order valence-corrected chi connectivity index (χ1v) is 4.74. The molecular weight excluding hydrogens is 136 g/mol. The van der Waals surface area contributed by atoms with Crippen LogP contribution < -0.4 is 0 Å². The van der Waals surface area contributed by atoms with E-state index in [0.717, 1.165) is 0 Å². The van der Waals surface area contributed by atoms with Crippen molar-refractivity contribution in [3.8, 4) is 0 Å². The summed E-state index contributed by atoms with van der Waals surface area (Å²) in [4.78, 5) is 0. The zero-order valence-corrected chi connectivity index (χ0v) is 8.30. The molecule has 2 atom stereocenters. The fraction of sp³-hybridized carbons (Fsp3) is 1.00. The summed E-state index contributed by atoms with van der Waals surface area (Å²) in [5.74, 6) is 1.87. The van der Waals surface area contributed by atoms with Crippen LogP contribution in [0.15, 0.2) is 0 Å². The third-order valence-electron chi connectivity index (χ3n) is 2.50. The largest absolute Gasteiger partial charge is 0.396 e. The van der Waals surface area contributed by atoms with Gasteiger partial charge in [-0.2, -0.15) is 0 Å². The van der Waals surface area contributed by atoms with Gasteiger partial charge in [-0.3, -0.25) is 0 Å². The molecule has 0 rings (SSSR count). The Kier molecular flexibility index (Phi) is 5.57. The van der Waals surface area contributed by atoms with Crippen LogP contribution in [-0.4, -0.2) is 11.7 Å². The summed E-state index contributed by atoms with van der Waals surface area (Å²) in [5.41, 5.74) is 0. The van der Waals surface area contributed by atoms with E-state index >= 15 is 0 Å². The average molecular weight is 158 g/mol. The number of hydrogen-bond donors (Lipinski definition) is 1. The zero-order chi connectivity index (χ0) is 8.85. The van der Waals surface area contributed by atoms with Crippen molar-refractivity contribution in [1.29, 1.82) is 0 Å². The SMILES string of the molecule is CCCC(C(C)C)C(C)CO. The molecule has 0 aliphatic heterocycles. The van der Waals surface area contributed by atoms with Crippen LogP contribution in [0.5, 0.6) is 0 Å². The molecule has 0 saturated carbocycles. The molecular formula is C10H22O. The lowest BCUT2D eigenvalue weighted by Crippen LogP contribution is -2.20. The molecule has 11 heavy (non-hydrogen) atoms. The van der Waals surface area contributed by atoms with Crippen molar-refractivity contribution >= 4 is 0 Å². The Bertz CT molecular complexity index is 88.9. The van der Waals surface area contributed by atoms with Gasteiger partial charge < -0.3 is 5.11 Å². The van der Waals surface area contributed by atoms with Crippen molar-refractivity contribution in [2.45, 2.75) is 40.5 Å². The van der Waals surface area contributed by atoms with E-state index in [1.165, 1.54) is 12.8 Å². The molecule has 0 fully saturated rings. The minimum Gasteiger partial charge on any atom is -0.396 e.